The van der Waals surface area contributed by atoms with Crippen LogP contribution in [-0.4, -0.2) is 93.2 Å². The molecule has 5 fully saturated rings. The summed E-state index contributed by atoms with van der Waals surface area (Å²) in [6, 6.07) is 23.1. The number of alkyl halides is 1. The predicted octanol–water partition coefficient (Wildman–Crippen LogP) is 9.35. The van der Waals surface area contributed by atoms with Crippen LogP contribution in [0.4, 0.5) is 11.4 Å². The van der Waals surface area contributed by atoms with Gasteiger partial charge in [-0.3, -0.25) is 9.69 Å². The van der Waals surface area contributed by atoms with Crippen LogP contribution < -0.4 is 14.9 Å². The Kier molecular flexibility index (Phi) is 12.3. The minimum atomic E-state index is -4.08. The van der Waals surface area contributed by atoms with Crippen LogP contribution in [0.3, 0.4) is 0 Å². The summed E-state index contributed by atoms with van der Waals surface area (Å²) >= 11 is 8.54. The van der Waals surface area contributed by atoms with Crippen LogP contribution in [0, 0.1) is 17.8 Å². The number of nitrogens with zero attached hydrogens (tertiary/aromatic N) is 3. The first-order valence-corrected chi connectivity index (χ1v) is 24.4. The molecule has 4 aliphatic carbocycles. The summed E-state index contributed by atoms with van der Waals surface area (Å²) in [7, 11) is -4.08. The molecular formula is C47H62ClN5O3S2. The molecule has 0 unspecified atom stereocenters. The summed E-state index contributed by atoms with van der Waals surface area (Å²) in [6.45, 7) is 15.0. The third-order valence-corrected chi connectivity index (χ3v) is 16.5. The van der Waals surface area contributed by atoms with Crippen molar-refractivity contribution >= 4 is 50.7 Å². The van der Waals surface area contributed by atoms with Gasteiger partial charge < -0.3 is 15.1 Å². The Morgan fingerprint density at radius 1 is 0.879 bits per heavy atom. The summed E-state index contributed by atoms with van der Waals surface area (Å²) in [6.07, 6.45) is 12.1. The fourth-order valence-corrected chi connectivity index (χ4v) is 13.1. The number of anilines is 2. The molecule has 2 N–H and O–H groups in total. The van der Waals surface area contributed by atoms with Gasteiger partial charge in [-0.05, 0) is 149 Å². The smallest absolute Gasteiger partial charge is 0.264 e. The molecule has 1 amide bonds. The second-order valence-corrected chi connectivity index (χ2v) is 22.3. The summed E-state index contributed by atoms with van der Waals surface area (Å²) < 4.78 is 29.3. The highest BCUT2D eigenvalue weighted by molar-refractivity contribution is 7.99. The largest absolute Gasteiger partial charge is 0.381 e. The van der Waals surface area contributed by atoms with Crippen molar-refractivity contribution in [2.24, 2.45) is 10.8 Å². The molecule has 2 saturated heterocycles. The van der Waals surface area contributed by atoms with Crippen LogP contribution in [0.2, 0.25) is 0 Å². The average molecular weight is 845 g/mol. The number of piperidine rings is 1. The van der Waals surface area contributed by atoms with Crippen LogP contribution in [0.25, 0.3) is 0 Å². The highest BCUT2D eigenvalue weighted by Crippen LogP contribution is 2.75. The van der Waals surface area contributed by atoms with Crippen LogP contribution in [0.5, 0.6) is 0 Å². The third kappa shape index (κ3) is 9.62. The molecule has 3 aromatic rings. The first kappa shape index (κ1) is 41.7. The topological polar surface area (TPSA) is 85.0 Å². The zero-order valence-electron chi connectivity index (χ0n) is 34.7. The lowest BCUT2D eigenvalue weighted by Crippen LogP contribution is -2.65. The second kappa shape index (κ2) is 17.2. The summed E-state index contributed by atoms with van der Waals surface area (Å²) in [5, 5.41) is 3.73. The van der Waals surface area contributed by atoms with Crippen LogP contribution >= 0.6 is 23.4 Å². The van der Waals surface area contributed by atoms with Crippen molar-refractivity contribution in [3.63, 3.8) is 0 Å². The summed E-state index contributed by atoms with van der Waals surface area (Å²) in [4.78, 5) is 22.2. The number of halogens is 1. The van der Waals surface area contributed by atoms with Gasteiger partial charge in [-0.1, -0.05) is 49.6 Å². The molecular weight excluding hydrogens is 782 g/mol. The van der Waals surface area contributed by atoms with Gasteiger partial charge in [0.15, 0.2) is 0 Å². The Morgan fingerprint density at radius 3 is 2.26 bits per heavy atom. The van der Waals surface area contributed by atoms with Crippen LogP contribution in [0.1, 0.15) is 94.0 Å². The monoisotopic (exact) mass is 843 g/mol. The van der Waals surface area contributed by atoms with Crippen molar-refractivity contribution in [3.05, 3.63) is 95.1 Å². The molecule has 0 aromatic heterocycles. The fraction of sp³-hybridized carbons (Fsp3) is 0.553. The number of aryl methyl sites for hydroxylation is 1. The quantitative estimate of drug-likeness (QED) is 0.0891. The van der Waals surface area contributed by atoms with E-state index in [9.17, 15) is 13.2 Å². The van der Waals surface area contributed by atoms with E-state index in [1.54, 1.807) is 35.4 Å². The minimum Gasteiger partial charge on any atom is -0.381 e. The van der Waals surface area contributed by atoms with Crippen molar-refractivity contribution in [2.75, 3.05) is 68.3 Å². The first-order chi connectivity index (χ1) is 27.8. The molecule has 3 saturated carbocycles. The van der Waals surface area contributed by atoms with Crippen molar-refractivity contribution in [1.29, 1.82) is 0 Å². The SMILES string of the molecule is Cc1cc(S(=O)(=O)NC(=O)c2ccc(N3CCN(CC4=C(C56CC(Cl)(C5)C6)CCC(C)(C)C4)CC3)cc2)ccc1N[C@H](CCN1CCCCC1)CSc1ccccc1. The molecule has 0 spiro atoms. The lowest BCUT2D eigenvalue weighted by molar-refractivity contribution is -0.0511. The van der Waals surface area contributed by atoms with E-state index in [2.05, 4.69) is 62.9 Å². The van der Waals surface area contributed by atoms with Crippen LogP contribution in [0.15, 0.2) is 93.7 Å². The summed E-state index contributed by atoms with van der Waals surface area (Å²) in [5.74, 6) is 0.270. The zero-order valence-corrected chi connectivity index (χ0v) is 37.1. The van der Waals surface area contributed by atoms with E-state index < -0.39 is 15.9 Å². The van der Waals surface area contributed by atoms with E-state index in [4.69, 9.17) is 11.6 Å². The van der Waals surface area contributed by atoms with Gasteiger partial charge in [-0.2, -0.15) is 0 Å². The second-order valence-electron chi connectivity index (χ2n) is 18.8. The lowest BCUT2D eigenvalue weighted by atomic mass is 9.39. The normalized spacial score (nSPS) is 25.4. The number of allylic oxidation sites excluding steroid dienone is 1. The van der Waals surface area contributed by atoms with Gasteiger partial charge in [0.25, 0.3) is 15.9 Å². The third-order valence-electron chi connectivity index (χ3n) is 13.6. The van der Waals surface area contributed by atoms with E-state index in [1.165, 1.54) is 62.7 Å². The number of carbonyl (C=O) groups excluding carboxylic acids is 1. The highest BCUT2D eigenvalue weighted by Gasteiger charge is 2.68. The number of rotatable bonds is 15. The number of thioether (sulfide) groups is 1. The lowest BCUT2D eigenvalue weighted by Gasteiger charge is -2.70. The molecule has 9 rings (SSSR count). The number of piperazine rings is 1. The van der Waals surface area contributed by atoms with E-state index in [1.807, 2.05) is 43.0 Å². The number of hydrogen-bond donors (Lipinski definition) is 2. The Morgan fingerprint density at radius 2 is 1.59 bits per heavy atom. The Hall–Kier alpha value is -3.02. The van der Waals surface area contributed by atoms with Gasteiger partial charge in [0.1, 0.15) is 0 Å². The van der Waals surface area contributed by atoms with Crippen molar-refractivity contribution in [2.45, 2.75) is 106 Å². The van der Waals surface area contributed by atoms with Crippen LogP contribution in [-0.2, 0) is 10.0 Å². The number of likely N-dealkylation sites (tertiary alicyclic amines) is 1. The molecule has 58 heavy (non-hydrogen) atoms. The Bertz CT molecular complexity index is 2060. The minimum absolute atomic E-state index is 0.0776. The van der Waals surface area contributed by atoms with E-state index >= 15 is 0 Å². The van der Waals surface area contributed by atoms with Gasteiger partial charge >= 0.3 is 0 Å². The number of carbonyl (C=O) groups is 1. The van der Waals surface area contributed by atoms with Gasteiger partial charge in [-0.15, -0.1) is 23.4 Å². The Labute approximate surface area is 356 Å². The number of amides is 1. The maximum Gasteiger partial charge on any atom is 0.264 e. The number of nitrogens with one attached hydrogen (secondary N) is 2. The molecule has 6 aliphatic rings. The molecule has 312 valence electrons. The summed E-state index contributed by atoms with van der Waals surface area (Å²) in [5.41, 5.74) is 7.29. The van der Waals surface area contributed by atoms with E-state index in [0.29, 0.717) is 16.4 Å². The van der Waals surface area contributed by atoms with Crippen molar-refractivity contribution in [1.82, 2.24) is 14.5 Å². The maximum atomic E-state index is 13.5. The standard InChI is InChI=1S/C47H62ClN5O3S2/c1-35-28-41(16-17-43(35)49-38(19-23-51-21-8-5-9-22-51)31-57-40-10-6-4-7-11-40)58(55,56)50-44(54)36-12-14-39(15-13-36)53-26-24-52(25-27-53)30-37-29-45(2,3)20-18-42(37)46-32-47(48,33-46)34-46/h4,6-7,10-17,28,38,49H,5,8-9,18-27,29-34H2,1-3H3,(H,50,54)/t38-,46?,47?/m1/s1. The first-order valence-electron chi connectivity index (χ1n) is 21.6. The maximum absolute atomic E-state index is 13.5. The molecule has 1 atom stereocenters. The highest BCUT2D eigenvalue weighted by atomic mass is 35.5. The predicted molar refractivity (Wildman–Crippen MR) is 240 cm³/mol. The van der Waals surface area contributed by atoms with Crippen molar-refractivity contribution < 1.29 is 13.2 Å². The van der Waals surface area contributed by atoms with Gasteiger partial charge in [-0.25, -0.2) is 13.1 Å². The molecule has 8 nitrogen and oxygen atoms in total. The number of hydrogen-bond acceptors (Lipinski definition) is 8. The molecule has 11 heteroatoms. The average Bonchev–Trinajstić information content (AvgIpc) is 3.19. The zero-order chi connectivity index (χ0) is 40.5. The van der Waals surface area contributed by atoms with E-state index in [0.717, 1.165) is 81.5 Å². The van der Waals surface area contributed by atoms with E-state index in [-0.39, 0.29) is 15.8 Å². The number of benzene rings is 3. The van der Waals surface area contributed by atoms with Gasteiger partial charge in [0, 0.05) is 77.8 Å². The molecule has 2 aliphatic heterocycles. The number of sulfonamides is 1. The van der Waals surface area contributed by atoms with Gasteiger partial charge in [0.05, 0.1) is 4.90 Å². The molecule has 2 heterocycles. The Balaban J connectivity index is 0.847. The molecule has 0 radical (unpaired) electrons. The van der Waals surface area contributed by atoms with Crippen molar-refractivity contribution in [3.8, 4) is 0 Å². The fourth-order valence-electron chi connectivity index (χ4n) is 10.3. The molecule has 3 aromatic carbocycles. The molecule has 2 bridgehead atoms. The van der Waals surface area contributed by atoms with Gasteiger partial charge in [0.2, 0.25) is 0 Å².